The largest absolute Gasteiger partial charge is 0.508 e. The Morgan fingerprint density at radius 3 is 2.50 bits per heavy atom. The van der Waals surface area contributed by atoms with Crippen LogP contribution in [0.1, 0.15) is 0 Å². The van der Waals surface area contributed by atoms with Crippen LogP contribution in [0.15, 0.2) is 45.6 Å². The van der Waals surface area contributed by atoms with Gasteiger partial charge < -0.3 is 24.5 Å². The van der Waals surface area contributed by atoms with Gasteiger partial charge in [-0.2, -0.15) is 0 Å². The van der Waals surface area contributed by atoms with Gasteiger partial charge >= 0.3 is 0 Å². The fourth-order valence-electron chi connectivity index (χ4n) is 2.26. The zero-order valence-electron chi connectivity index (χ0n) is 11.5. The number of phenols is 2. The molecule has 1 aromatic heterocycles. The van der Waals surface area contributed by atoms with Gasteiger partial charge in [-0.3, -0.25) is 4.79 Å². The van der Waals surface area contributed by atoms with Crippen molar-refractivity contribution in [1.82, 2.24) is 0 Å². The Bertz CT molecular complexity index is 926. The second-order valence-corrected chi connectivity index (χ2v) is 4.68. The molecule has 3 rings (SSSR count). The molecular formula is C16H12O6. The molecule has 3 N–H and O–H groups in total. The van der Waals surface area contributed by atoms with Crippen molar-refractivity contribution in [3.05, 3.63) is 46.6 Å². The Morgan fingerprint density at radius 2 is 1.82 bits per heavy atom. The highest BCUT2D eigenvalue weighted by Crippen LogP contribution is 2.36. The number of hydrogen-bond donors (Lipinski definition) is 3. The van der Waals surface area contributed by atoms with Crippen LogP contribution >= 0.6 is 0 Å². The Balaban J connectivity index is 2.40. The number of ether oxygens (including phenoxy) is 1. The molecule has 6 heteroatoms. The number of hydrogen-bond acceptors (Lipinski definition) is 6. The lowest BCUT2D eigenvalue weighted by molar-refractivity contribution is 0.408. The van der Waals surface area contributed by atoms with Gasteiger partial charge in [0.1, 0.15) is 28.2 Å². The van der Waals surface area contributed by atoms with E-state index < -0.39 is 11.2 Å². The molecule has 6 nitrogen and oxygen atoms in total. The van der Waals surface area contributed by atoms with E-state index in [1.54, 1.807) is 12.1 Å². The van der Waals surface area contributed by atoms with E-state index in [4.69, 9.17) is 9.15 Å². The molecule has 0 radical (unpaired) electrons. The summed E-state index contributed by atoms with van der Waals surface area (Å²) in [4.78, 5) is 12.4. The monoisotopic (exact) mass is 300 g/mol. The summed E-state index contributed by atoms with van der Waals surface area (Å²) in [5.41, 5.74) is -0.284. The fraction of sp³-hybridized carbons (Fsp3) is 0.0625. The van der Waals surface area contributed by atoms with Gasteiger partial charge in [0, 0.05) is 17.7 Å². The Hall–Kier alpha value is -3.15. The van der Waals surface area contributed by atoms with Crippen LogP contribution in [0.4, 0.5) is 0 Å². The van der Waals surface area contributed by atoms with E-state index >= 15 is 0 Å². The maximum atomic E-state index is 12.4. The fourth-order valence-corrected chi connectivity index (χ4v) is 2.26. The Kier molecular flexibility index (Phi) is 3.14. The van der Waals surface area contributed by atoms with Crippen molar-refractivity contribution < 1.29 is 24.5 Å². The summed E-state index contributed by atoms with van der Waals surface area (Å²) in [6, 6.07) is 8.44. The molecule has 2 aromatic carbocycles. The number of rotatable bonds is 2. The van der Waals surface area contributed by atoms with Gasteiger partial charge in [0.15, 0.2) is 5.76 Å². The average molecular weight is 300 g/mol. The summed E-state index contributed by atoms with van der Waals surface area (Å²) in [7, 11) is 1.34. The highest BCUT2D eigenvalue weighted by Gasteiger charge is 2.19. The molecule has 1 heterocycles. The molecule has 0 unspecified atom stereocenters. The molecule has 0 aliphatic rings. The average Bonchev–Trinajstić information content (AvgIpc) is 2.49. The molecule has 0 bridgehead atoms. The lowest BCUT2D eigenvalue weighted by Crippen LogP contribution is -2.04. The van der Waals surface area contributed by atoms with E-state index in [1.807, 2.05) is 0 Å². The predicted molar refractivity (Wildman–Crippen MR) is 79.5 cm³/mol. The molecule has 0 atom stereocenters. The van der Waals surface area contributed by atoms with E-state index in [0.717, 1.165) is 0 Å². The molecule has 112 valence electrons. The minimum Gasteiger partial charge on any atom is -0.508 e. The van der Waals surface area contributed by atoms with Gasteiger partial charge in [-0.05, 0) is 12.1 Å². The van der Waals surface area contributed by atoms with Crippen molar-refractivity contribution in [3.8, 4) is 34.3 Å². The van der Waals surface area contributed by atoms with Gasteiger partial charge in [-0.25, -0.2) is 0 Å². The minimum absolute atomic E-state index is 0.0294. The standard InChI is InChI=1S/C16H12O6/c1-21-11-6-10(18)7-12-13(11)14(19)15(20)16(22-12)8-3-2-4-9(17)5-8/h2-7,17-18,20H,1H3. The van der Waals surface area contributed by atoms with Gasteiger partial charge in [-0.15, -0.1) is 0 Å². The van der Waals surface area contributed by atoms with E-state index in [-0.39, 0.29) is 34.0 Å². The topological polar surface area (TPSA) is 100 Å². The van der Waals surface area contributed by atoms with E-state index in [1.165, 1.54) is 31.4 Å². The molecule has 0 amide bonds. The molecule has 0 aliphatic heterocycles. The molecule has 0 saturated heterocycles. The molecular weight excluding hydrogens is 288 g/mol. The molecule has 0 saturated carbocycles. The highest BCUT2D eigenvalue weighted by molar-refractivity contribution is 5.88. The minimum atomic E-state index is -0.684. The summed E-state index contributed by atoms with van der Waals surface area (Å²) in [5.74, 6) is -0.766. The van der Waals surface area contributed by atoms with Crippen molar-refractivity contribution in [2.45, 2.75) is 0 Å². The molecule has 3 aromatic rings. The maximum absolute atomic E-state index is 12.4. The van der Waals surface area contributed by atoms with Gasteiger partial charge in [0.25, 0.3) is 0 Å². The summed E-state index contributed by atoms with van der Waals surface area (Å²) in [6.45, 7) is 0. The van der Waals surface area contributed by atoms with Crippen LogP contribution in [-0.2, 0) is 0 Å². The summed E-state index contributed by atoms with van der Waals surface area (Å²) in [5, 5.41) is 29.3. The first-order chi connectivity index (χ1) is 10.5. The molecule has 22 heavy (non-hydrogen) atoms. The van der Waals surface area contributed by atoms with Crippen molar-refractivity contribution in [2.75, 3.05) is 7.11 Å². The van der Waals surface area contributed by atoms with Crippen LogP contribution in [0.5, 0.6) is 23.0 Å². The molecule has 0 fully saturated rings. The lowest BCUT2D eigenvalue weighted by atomic mass is 10.1. The first-order valence-corrected chi connectivity index (χ1v) is 6.37. The third kappa shape index (κ3) is 2.10. The van der Waals surface area contributed by atoms with Gasteiger partial charge in [0.2, 0.25) is 11.2 Å². The number of phenolic OH excluding ortho intramolecular Hbond substituents is 2. The van der Waals surface area contributed by atoms with Crippen LogP contribution in [0.25, 0.3) is 22.3 Å². The summed E-state index contributed by atoms with van der Waals surface area (Å²) >= 11 is 0. The second-order valence-electron chi connectivity index (χ2n) is 4.68. The van der Waals surface area contributed by atoms with Crippen LogP contribution in [0.3, 0.4) is 0 Å². The van der Waals surface area contributed by atoms with Crippen LogP contribution in [0.2, 0.25) is 0 Å². The molecule has 0 aliphatic carbocycles. The summed E-state index contributed by atoms with van der Waals surface area (Å²) < 4.78 is 10.6. The molecule has 0 spiro atoms. The quantitative estimate of drug-likeness (QED) is 0.672. The second kappa shape index (κ2) is 5.00. The smallest absolute Gasteiger partial charge is 0.238 e. The van der Waals surface area contributed by atoms with E-state index in [2.05, 4.69) is 0 Å². The Morgan fingerprint density at radius 1 is 1.05 bits per heavy atom. The van der Waals surface area contributed by atoms with Crippen LogP contribution in [0, 0.1) is 0 Å². The van der Waals surface area contributed by atoms with Crippen molar-refractivity contribution >= 4 is 11.0 Å². The van der Waals surface area contributed by atoms with Gasteiger partial charge in [0.05, 0.1) is 7.11 Å². The zero-order valence-corrected chi connectivity index (χ0v) is 11.5. The zero-order chi connectivity index (χ0) is 15.9. The van der Waals surface area contributed by atoms with Crippen molar-refractivity contribution in [1.29, 1.82) is 0 Å². The number of fused-ring (bicyclic) bond motifs is 1. The van der Waals surface area contributed by atoms with E-state index in [9.17, 15) is 20.1 Å². The van der Waals surface area contributed by atoms with Crippen LogP contribution < -0.4 is 10.2 Å². The predicted octanol–water partition coefficient (Wildman–Crippen LogP) is 2.59. The third-order valence-corrected chi connectivity index (χ3v) is 3.25. The SMILES string of the molecule is COc1cc(O)cc2oc(-c3cccc(O)c3)c(O)c(=O)c12. The van der Waals surface area contributed by atoms with Crippen molar-refractivity contribution in [2.24, 2.45) is 0 Å². The summed E-state index contributed by atoms with van der Waals surface area (Å²) in [6.07, 6.45) is 0. The third-order valence-electron chi connectivity index (χ3n) is 3.25. The number of aromatic hydroxyl groups is 3. The van der Waals surface area contributed by atoms with E-state index in [0.29, 0.717) is 5.56 Å². The first-order valence-electron chi connectivity index (χ1n) is 6.37. The van der Waals surface area contributed by atoms with Gasteiger partial charge in [-0.1, -0.05) is 12.1 Å². The van der Waals surface area contributed by atoms with Crippen LogP contribution in [-0.4, -0.2) is 22.4 Å². The maximum Gasteiger partial charge on any atom is 0.238 e. The highest BCUT2D eigenvalue weighted by atomic mass is 16.5. The Labute approximate surface area is 124 Å². The lowest BCUT2D eigenvalue weighted by Gasteiger charge is -2.09. The first kappa shape index (κ1) is 13.8. The van der Waals surface area contributed by atoms with Crippen molar-refractivity contribution in [3.63, 3.8) is 0 Å². The number of methoxy groups -OCH3 is 1. The number of benzene rings is 2. The normalized spacial score (nSPS) is 10.8.